The van der Waals surface area contributed by atoms with Crippen LogP contribution < -0.4 is 5.73 Å². The highest BCUT2D eigenvalue weighted by molar-refractivity contribution is 5.94. The van der Waals surface area contributed by atoms with Crippen molar-refractivity contribution in [3.63, 3.8) is 0 Å². The summed E-state index contributed by atoms with van der Waals surface area (Å²) in [7, 11) is 0. The van der Waals surface area contributed by atoms with Crippen molar-refractivity contribution in [1.82, 2.24) is 0 Å². The van der Waals surface area contributed by atoms with Gasteiger partial charge in [-0.25, -0.2) is 4.79 Å². The minimum atomic E-state index is -1.17. The van der Waals surface area contributed by atoms with E-state index in [4.69, 9.17) is 10.8 Å². The molecule has 0 aromatic heterocycles. The predicted octanol–water partition coefficient (Wildman–Crippen LogP) is 3.03. The maximum Gasteiger partial charge on any atom is 0.338 e. The fourth-order valence-corrected chi connectivity index (χ4v) is 1.64. The van der Waals surface area contributed by atoms with Crippen molar-refractivity contribution in [2.45, 2.75) is 0 Å². The van der Waals surface area contributed by atoms with Crippen molar-refractivity contribution in [2.24, 2.45) is 5.18 Å². The first-order valence-corrected chi connectivity index (χ1v) is 5.18. The molecule has 0 saturated carbocycles. The molecule has 5 nitrogen and oxygen atoms in total. The maximum absolute atomic E-state index is 10.9. The Hall–Kier alpha value is -2.69. The summed E-state index contributed by atoms with van der Waals surface area (Å²) in [4.78, 5) is 21.5. The van der Waals surface area contributed by atoms with E-state index in [1.807, 2.05) is 0 Å². The number of carbonyl (C=O) groups is 1. The average molecular weight is 242 g/mol. The standard InChI is InChI=1S/C13H10N2O3/c14-10-4-1-8(2-5-10)9-3-6-11(13(16)17)12(7-9)15-18/h1-7H,14H2,(H,16,17). The van der Waals surface area contributed by atoms with Gasteiger partial charge in [-0.15, -0.1) is 4.91 Å². The maximum atomic E-state index is 10.9. The summed E-state index contributed by atoms with van der Waals surface area (Å²) in [6, 6.07) is 11.5. The molecule has 0 unspecified atom stereocenters. The number of nitrogens with two attached hydrogens (primary N) is 1. The second kappa shape index (κ2) is 4.67. The number of carboxylic acids is 1. The summed E-state index contributed by atoms with van der Waals surface area (Å²) in [6.45, 7) is 0. The molecular formula is C13H10N2O3. The van der Waals surface area contributed by atoms with Gasteiger partial charge in [0.2, 0.25) is 0 Å². The Morgan fingerprint density at radius 2 is 1.67 bits per heavy atom. The van der Waals surface area contributed by atoms with Gasteiger partial charge >= 0.3 is 5.97 Å². The Balaban J connectivity index is 2.50. The Morgan fingerprint density at radius 1 is 1.06 bits per heavy atom. The van der Waals surface area contributed by atoms with Crippen LogP contribution in [0.5, 0.6) is 0 Å². The third-order valence-corrected chi connectivity index (χ3v) is 2.57. The summed E-state index contributed by atoms with van der Waals surface area (Å²) >= 11 is 0. The zero-order valence-electron chi connectivity index (χ0n) is 9.33. The molecule has 0 aliphatic heterocycles. The molecule has 0 bridgehead atoms. The van der Waals surface area contributed by atoms with Crippen LogP contribution in [0.3, 0.4) is 0 Å². The van der Waals surface area contributed by atoms with Crippen molar-refractivity contribution in [3.8, 4) is 11.1 Å². The molecule has 0 spiro atoms. The number of benzene rings is 2. The summed E-state index contributed by atoms with van der Waals surface area (Å²) < 4.78 is 0. The number of anilines is 1. The molecule has 0 heterocycles. The Labute approximate surface area is 103 Å². The normalized spacial score (nSPS) is 10.0. The first kappa shape index (κ1) is 11.8. The lowest BCUT2D eigenvalue weighted by Crippen LogP contribution is -1.96. The van der Waals surface area contributed by atoms with Gasteiger partial charge in [0.25, 0.3) is 0 Å². The Bertz CT molecular complexity index is 606. The van der Waals surface area contributed by atoms with Crippen molar-refractivity contribution in [2.75, 3.05) is 5.73 Å². The third-order valence-electron chi connectivity index (χ3n) is 2.57. The number of rotatable bonds is 3. The number of aromatic carboxylic acids is 1. The number of hydrogen-bond donors (Lipinski definition) is 2. The second-order valence-corrected chi connectivity index (χ2v) is 3.75. The predicted molar refractivity (Wildman–Crippen MR) is 68.7 cm³/mol. The molecule has 0 aliphatic rings. The fraction of sp³-hybridized carbons (Fsp3) is 0. The van der Waals surface area contributed by atoms with Crippen LogP contribution in [0.25, 0.3) is 11.1 Å². The molecule has 0 radical (unpaired) electrons. The zero-order chi connectivity index (χ0) is 13.1. The van der Waals surface area contributed by atoms with Crippen LogP contribution in [0.4, 0.5) is 11.4 Å². The molecule has 2 aromatic carbocycles. The van der Waals surface area contributed by atoms with Crippen LogP contribution in [0.1, 0.15) is 10.4 Å². The molecule has 2 aromatic rings. The van der Waals surface area contributed by atoms with Gasteiger partial charge in [-0.2, -0.15) is 0 Å². The van der Waals surface area contributed by atoms with Crippen molar-refractivity contribution in [1.29, 1.82) is 0 Å². The zero-order valence-corrected chi connectivity index (χ0v) is 9.33. The summed E-state index contributed by atoms with van der Waals surface area (Å²) in [6.07, 6.45) is 0. The van der Waals surface area contributed by atoms with Gasteiger partial charge in [0, 0.05) is 5.69 Å². The van der Waals surface area contributed by atoms with E-state index in [9.17, 15) is 9.70 Å². The monoisotopic (exact) mass is 242 g/mol. The van der Waals surface area contributed by atoms with E-state index in [1.165, 1.54) is 12.1 Å². The summed E-state index contributed by atoms with van der Waals surface area (Å²) in [5.74, 6) is -1.17. The SMILES string of the molecule is Nc1ccc(-c2ccc(C(=O)O)c(N=O)c2)cc1. The van der Waals surface area contributed by atoms with E-state index < -0.39 is 5.97 Å². The number of nitroso groups, excluding NO2 is 1. The summed E-state index contributed by atoms with van der Waals surface area (Å²) in [5.41, 5.74) is 7.58. The molecular weight excluding hydrogens is 232 g/mol. The lowest BCUT2D eigenvalue weighted by molar-refractivity contribution is 0.0698. The Morgan fingerprint density at radius 3 is 2.22 bits per heavy atom. The molecule has 90 valence electrons. The van der Waals surface area contributed by atoms with Crippen molar-refractivity contribution in [3.05, 3.63) is 52.9 Å². The molecule has 3 N–H and O–H groups in total. The van der Waals surface area contributed by atoms with Gasteiger partial charge < -0.3 is 10.8 Å². The fourth-order valence-electron chi connectivity index (χ4n) is 1.64. The average Bonchev–Trinajstić information content (AvgIpc) is 2.38. The quantitative estimate of drug-likeness (QED) is 0.639. The van der Waals surface area contributed by atoms with Gasteiger partial charge in [-0.3, -0.25) is 0 Å². The molecule has 18 heavy (non-hydrogen) atoms. The summed E-state index contributed by atoms with van der Waals surface area (Å²) in [5, 5.41) is 11.6. The van der Waals surface area contributed by atoms with E-state index in [-0.39, 0.29) is 11.3 Å². The van der Waals surface area contributed by atoms with E-state index in [0.717, 1.165) is 11.1 Å². The molecule has 0 saturated heterocycles. The molecule has 5 heteroatoms. The molecule has 0 atom stereocenters. The van der Waals surface area contributed by atoms with Gasteiger partial charge in [0.05, 0.1) is 5.56 Å². The molecule has 2 rings (SSSR count). The van der Waals surface area contributed by atoms with E-state index >= 15 is 0 Å². The lowest BCUT2D eigenvalue weighted by Gasteiger charge is -2.04. The van der Waals surface area contributed by atoms with Crippen LogP contribution in [-0.2, 0) is 0 Å². The molecule has 0 aliphatic carbocycles. The molecule has 0 amide bonds. The first-order valence-electron chi connectivity index (χ1n) is 5.18. The van der Waals surface area contributed by atoms with E-state index in [0.29, 0.717) is 5.69 Å². The largest absolute Gasteiger partial charge is 0.478 e. The number of nitrogen functional groups attached to an aromatic ring is 1. The highest BCUT2D eigenvalue weighted by atomic mass is 16.4. The Kier molecular flexibility index (Phi) is 3.05. The minimum Gasteiger partial charge on any atom is -0.478 e. The van der Waals surface area contributed by atoms with E-state index in [1.54, 1.807) is 30.3 Å². The highest BCUT2D eigenvalue weighted by Gasteiger charge is 2.11. The number of hydrogen-bond acceptors (Lipinski definition) is 4. The van der Waals surface area contributed by atoms with Crippen LogP contribution in [0.15, 0.2) is 47.6 Å². The smallest absolute Gasteiger partial charge is 0.338 e. The van der Waals surface area contributed by atoms with Gasteiger partial charge in [-0.1, -0.05) is 18.2 Å². The first-order chi connectivity index (χ1) is 8.61. The number of carboxylic acid groups (broad SMARTS) is 1. The van der Waals surface area contributed by atoms with Crippen LogP contribution in [-0.4, -0.2) is 11.1 Å². The minimum absolute atomic E-state index is 0.0863. The third kappa shape index (κ3) is 2.20. The van der Waals surface area contributed by atoms with Gasteiger partial charge in [-0.05, 0) is 40.6 Å². The highest BCUT2D eigenvalue weighted by Crippen LogP contribution is 2.28. The molecule has 0 fully saturated rings. The van der Waals surface area contributed by atoms with Crippen LogP contribution in [0.2, 0.25) is 0 Å². The topological polar surface area (TPSA) is 92.8 Å². The van der Waals surface area contributed by atoms with E-state index in [2.05, 4.69) is 5.18 Å². The second-order valence-electron chi connectivity index (χ2n) is 3.75. The number of nitrogens with zero attached hydrogens (tertiary/aromatic N) is 1. The van der Waals surface area contributed by atoms with Crippen LogP contribution in [0, 0.1) is 4.91 Å². The lowest BCUT2D eigenvalue weighted by atomic mass is 10.0. The van der Waals surface area contributed by atoms with Crippen molar-refractivity contribution >= 4 is 17.3 Å². The van der Waals surface area contributed by atoms with Gasteiger partial charge in [0.1, 0.15) is 5.69 Å². The van der Waals surface area contributed by atoms with Crippen molar-refractivity contribution < 1.29 is 9.90 Å². The van der Waals surface area contributed by atoms with Crippen LogP contribution >= 0.6 is 0 Å². The van der Waals surface area contributed by atoms with Gasteiger partial charge in [0.15, 0.2) is 0 Å².